The molecule has 0 radical (unpaired) electrons. The van der Waals surface area contributed by atoms with E-state index in [1.807, 2.05) is 53.4 Å². The Bertz CT molecular complexity index is 875. The van der Waals surface area contributed by atoms with Crippen molar-refractivity contribution in [2.24, 2.45) is 0 Å². The molecule has 0 bridgehead atoms. The van der Waals surface area contributed by atoms with Crippen LogP contribution >= 0.6 is 0 Å². The van der Waals surface area contributed by atoms with Gasteiger partial charge in [-0.25, -0.2) is 0 Å². The number of benzene rings is 1. The molecule has 1 aliphatic carbocycles. The Labute approximate surface area is 147 Å². The van der Waals surface area contributed by atoms with Crippen LogP contribution in [0.3, 0.4) is 0 Å². The van der Waals surface area contributed by atoms with Crippen LogP contribution in [0.1, 0.15) is 33.9 Å². The third-order valence-corrected chi connectivity index (χ3v) is 4.72. The third kappa shape index (κ3) is 3.29. The van der Waals surface area contributed by atoms with Gasteiger partial charge in [-0.2, -0.15) is 4.57 Å². The highest BCUT2D eigenvalue weighted by Gasteiger charge is 2.34. The minimum Gasteiger partial charge on any atom is -0.381 e. The predicted molar refractivity (Wildman–Crippen MR) is 96.3 cm³/mol. The van der Waals surface area contributed by atoms with Gasteiger partial charge in [0.05, 0.1) is 0 Å². The van der Waals surface area contributed by atoms with Gasteiger partial charge in [0.2, 0.25) is 11.8 Å². The highest BCUT2D eigenvalue weighted by molar-refractivity contribution is 6.00. The summed E-state index contributed by atoms with van der Waals surface area (Å²) < 4.78 is 2.01. The summed E-state index contributed by atoms with van der Waals surface area (Å²) >= 11 is 0. The third-order valence-electron chi connectivity index (χ3n) is 4.72. The van der Waals surface area contributed by atoms with E-state index in [1.165, 1.54) is 5.56 Å². The quantitative estimate of drug-likeness (QED) is 0.746. The first-order valence-corrected chi connectivity index (χ1v) is 8.57. The lowest BCUT2D eigenvalue weighted by atomic mass is 9.88. The predicted octanol–water partition coefficient (Wildman–Crippen LogP) is 3.35. The zero-order valence-electron chi connectivity index (χ0n) is 13.9. The lowest BCUT2D eigenvalue weighted by Gasteiger charge is -2.19. The van der Waals surface area contributed by atoms with Gasteiger partial charge in [-0.1, -0.05) is 30.3 Å². The fourth-order valence-electron chi connectivity index (χ4n) is 3.31. The van der Waals surface area contributed by atoms with E-state index in [-0.39, 0.29) is 11.8 Å². The normalized spacial score (nSPS) is 16.3. The van der Waals surface area contributed by atoms with Crippen molar-refractivity contribution >= 4 is 11.5 Å². The van der Waals surface area contributed by atoms with E-state index in [2.05, 4.69) is 22.4 Å². The molecule has 0 amide bonds. The van der Waals surface area contributed by atoms with Crippen molar-refractivity contribution in [3.63, 3.8) is 0 Å². The molecule has 25 heavy (non-hydrogen) atoms. The molecular formula is C21H20N3O+. The Morgan fingerprint density at radius 2 is 1.88 bits per heavy atom. The number of aryl methyl sites for hydroxylation is 1. The Balaban J connectivity index is 1.46. The molecule has 1 aliphatic rings. The monoisotopic (exact) mass is 330 g/mol. The van der Waals surface area contributed by atoms with E-state index in [0.29, 0.717) is 0 Å². The molecule has 0 fully saturated rings. The summed E-state index contributed by atoms with van der Waals surface area (Å²) in [6, 6.07) is 16.2. The van der Waals surface area contributed by atoms with Crippen LogP contribution in [0.15, 0.2) is 73.3 Å². The van der Waals surface area contributed by atoms with Gasteiger partial charge in [-0.3, -0.25) is 9.78 Å². The first-order chi connectivity index (χ1) is 12.3. The molecule has 1 N–H and O–H groups in total. The highest BCUT2D eigenvalue weighted by Crippen LogP contribution is 2.25. The van der Waals surface area contributed by atoms with E-state index in [0.717, 1.165) is 36.2 Å². The second-order valence-corrected chi connectivity index (χ2v) is 6.32. The van der Waals surface area contributed by atoms with Crippen molar-refractivity contribution in [1.82, 2.24) is 4.98 Å². The standard InChI is InChI=1S/C21H19N3O/c25-21-19-15-22-11-8-17(19)6-7-20(21)24-12-9-18(10-13-24)23-14-16-4-2-1-3-5-16/h1-5,8-13,15,20H,6-7,14H2/p+1. The van der Waals surface area contributed by atoms with Gasteiger partial charge in [0.25, 0.3) is 0 Å². The number of rotatable bonds is 4. The molecule has 2 aromatic heterocycles. The van der Waals surface area contributed by atoms with E-state index in [9.17, 15) is 4.79 Å². The smallest absolute Gasteiger partial charge is 0.232 e. The number of hydrogen-bond acceptors (Lipinski definition) is 3. The zero-order chi connectivity index (χ0) is 17.1. The highest BCUT2D eigenvalue weighted by atomic mass is 16.1. The fourth-order valence-corrected chi connectivity index (χ4v) is 3.31. The van der Waals surface area contributed by atoms with Crippen LogP contribution in [-0.2, 0) is 13.0 Å². The summed E-state index contributed by atoms with van der Waals surface area (Å²) in [6.45, 7) is 0.784. The average Bonchev–Trinajstić information content (AvgIpc) is 2.68. The van der Waals surface area contributed by atoms with Gasteiger partial charge in [0.15, 0.2) is 12.4 Å². The SMILES string of the molecule is O=C1c2cnccc2CCC1[n+]1ccc(NCc2ccccc2)cc1. The molecular weight excluding hydrogens is 310 g/mol. The Hall–Kier alpha value is -3.01. The number of ketones is 1. The zero-order valence-corrected chi connectivity index (χ0v) is 13.9. The molecule has 2 heterocycles. The molecule has 0 spiro atoms. The number of Topliss-reactive ketones (excluding diaryl/α,β-unsaturated/α-hetero) is 1. The lowest BCUT2D eigenvalue weighted by Crippen LogP contribution is -2.45. The maximum absolute atomic E-state index is 12.7. The molecule has 4 rings (SSSR count). The Morgan fingerprint density at radius 1 is 1.08 bits per heavy atom. The molecule has 4 nitrogen and oxygen atoms in total. The molecule has 4 heteroatoms. The average molecular weight is 330 g/mol. The fraction of sp³-hybridized carbons (Fsp3) is 0.190. The van der Waals surface area contributed by atoms with Crippen molar-refractivity contribution < 1.29 is 9.36 Å². The van der Waals surface area contributed by atoms with Crippen LogP contribution in [0.2, 0.25) is 0 Å². The maximum Gasteiger partial charge on any atom is 0.232 e. The minimum atomic E-state index is -0.139. The summed E-state index contributed by atoms with van der Waals surface area (Å²) in [5.41, 5.74) is 4.16. The Kier molecular flexibility index (Phi) is 4.25. The van der Waals surface area contributed by atoms with Crippen LogP contribution in [0.4, 0.5) is 5.69 Å². The lowest BCUT2D eigenvalue weighted by molar-refractivity contribution is -0.708. The van der Waals surface area contributed by atoms with E-state index in [4.69, 9.17) is 0 Å². The van der Waals surface area contributed by atoms with Gasteiger partial charge in [0, 0.05) is 48.7 Å². The molecule has 1 atom stereocenters. The number of nitrogens with zero attached hydrogens (tertiary/aromatic N) is 2. The van der Waals surface area contributed by atoms with E-state index >= 15 is 0 Å². The largest absolute Gasteiger partial charge is 0.381 e. The second-order valence-electron chi connectivity index (χ2n) is 6.32. The first kappa shape index (κ1) is 15.5. The topological polar surface area (TPSA) is 45.9 Å². The molecule has 1 unspecified atom stereocenters. The number of carbonyl (C=O) groups is 1. The maximum atomic E-state index is 12.7. The molecule has 0 aliphatic heterocycles. The summed E-state index contributed by atoms with van der Waals surface area (Å²) in [5.74, 6) is 0.157. The van der Waals surface area contributed by atoms with Crippen LogP contribution < -0.4 is 9.88 Å². The summed E-state index contributed by atoms with van der Waals surface area (Å²) in [6.07, 6.45) is 9.16. The number of fused-ring (bicyclic) bond motifs is 1. The van der Waals surface area contributed by atoms with Crippen molar-refractivity contribution in [2.75, 3.05) is 5.32 Å². The number of nitrogens with one attached hydrogen (secondary N) is 1. The number of carbonyl (C=O) groups excluding carboxylic acids is 1. The number of pyridine rings is 2. The van der Waals surface area contributed by atoms with Crippen LogP contribution in [0.25, 0.3) is 0 Å². The number of anilines is 1. The Morgan fingerprint density at radius 3 is 2.68 bits per heavy atom. The van der Waals surface area contributed by atoms with Gasteiger partial charge >= 0.3 is 0 Å². The molecule has 124 valence electrons. The van der Waals surface area contributed by atoms with Crippen LogP contribution in [-0.4, -0.2) is 10.8 Å². The van der Waals surface area contributed by atoms with Crippen molar-refractivity contribution in [1.29, 1.82) is 0 Å². The summed E-state index contributed by atoms with van der Waals surface area (Å²) in [4.78, 5) is 16.8. The van der Waals surface area contributed by atoms with Crippen molar-refractivity contribution in [2.45, 2.75) is 25.4 Å². The molecule has 3 aromatic rings. The number of hydrogen-bond donors (Lipinski definition) is 1. The summed E-state index contributed by atoms with van der Waals surface area (Å²) in [5, 5.41) is 3.41. The second kappa shape index (κ2) is 6.85. The first-order valence-electron chi connectivity index (χ1n) is 8.57. The number of aromatic nitrogens is 2. The van der Waals surface area contributed by atoms with Gasteiger partial charge in [0.1, 0.15) is 0 Å². The van der Waals surface area contributed by atoms with Crippen molar-refractivity contribution in [3.05, 3.63) is 90.0 Å². The van der Waals surface area contributed by atoms with Gasteiger partial charge < -0.3 is 5.32 Å². The van der Waals surface area contributed by atoms with E-state index < -0.39 is 0 Å². The van der Waals surface area contributed by atoms with Gasteiger partial charge in [-0.15, -0.1) is 0 Å². The summed E-state index contributed by atoms with van der Waals surface area (Å²) in [7, 11) is 0. The molecule has 1 aromatic carbocycles. The molecule has 0 saturated carbocycles. The van der Waals surface area contributed by atoms with Crippen LogP contribution in [0, 0.1) is 0 Å². The minimum absolute atomic E-state index is 0.139. The van der Waals surface area contributed by atoms with E-state index in [1.54, 1.807) is 12.4 Å². The van der Waals surface area contributed by atoms with Crippen molar-refractivity contribution in [3.8, 4) is 0 Å². The van der Waals surface area contributed by atoms with Gasteiger partial charge in [-0.05, 0) is 23.6 Å². The van der Waals surface area contributed by atoms with Crippen LogP contribution in [0.5, 0.6) is 0 Å². The molecule has 0 saturated heterocycles.